The Labute approximate surface area is 150 Å². The average Bonchev–Trinajstić information content (AvgIpc) is 2.66. The zero-order valence-electron chi connectivity index (χ0n) is 14.5. The summed E-state index contributed by atoms with van der Waals surface area (Å²) in [5, 5.41) is 10.7. The highest BCUT2D eigenvalue weighted by atomic mass is 16.5. The van der Waals surface area contributed by atoms with E-state index >= 15 is 0 Å². The van der Waals surface area contributed by atoms with E-state index in [-0.39, 0.29) is 11.3 Å². The smallest absolute Gasteiger partial charge is 0.274 e. The van der Waals surface area contributed by atoms with Crippen molar-refractivity contribution in [2.24, 2.45) is 0 Å². The molecular weight excluding hydrogens is 334 g/mol. The number of H-pyrrole nitrogens is 1. The van der Waals surface area contributed by atoms with E-state index < -0.39 is 17.2 Å². The topological polar surface area (TPSA) is 124 Å². The van der Waals surface area contributed by atoms with Gasteiger partial charge in [0.2, 0.25) is 0 Å². The molecule has 26 heavy (non-hydrogen) atoms. The molecule has 1 aromatic carbocycles. The Bertz CT molecular complexity index is 883. The number of nitrogens with two attached hydrogens (primary N) is 1. The molecule has 0 spiro atoms. The van der Waals surface area contributed by atoms with Crippen molar-refractivity contribution < 1.29 is 9.53 Å². The minimum atomic E-state index is -0.688. The summed E-state index contributed by atoms with van der Waals surface area (Å²) in [7, 11) is 0. The van der Waals surface area contributed by atoms with Gasteiger partial charge in [-0.2, -0.15) is 0 Å². The molecule has 1 amide bonds. The number of aromatic amines is 1. The van der Waals surface area contributed by atoms with E-state index in [1.54, 1.807) is 19.1 Å². The Hall–Kier alpha value is -3.13. The van der Waals surface area contributed by atoms with Crippen molar-refractivity contribution in [3.8, 4) is 0 Å². The summed E-state index contributed by atoms with van der Waals surface area (Å²) >= 11 is 0. The van der Waals surface area contributed by atoms with Gasteiger partial charge in [-0.25, -0.2) is 0 Å². The van der Waals surface area contributed by atoms with E-state index in [2.05, 4.69) is 15.2 Å². The molecule has 8 nitrogen and oxygen atoms in total. The van der Waals surface area contributed by atoms with E-state index in [0.717, 1.165) is 18.8 Å². The molecule has 2 heterocycles. The van der Waals surface area contributed by atoms with Crippen molar-refractivity contribution >= 4 is 28.7 Å². The number of amides is 1. The molecule has 0 atom stereocenters. The predicted molar refractivity (Wildman–Crippen MR) is 101 cm³/mol. The minimum Gasteiger partial charge on any atom is -0.398 e. The molecule has 2 aromatic rings. The van der Waals surface area contributed by atoms with Gasteiger partial charge in [0.15, 0.2) is 0 Å². The maximum Gasteiger partial charge on any atom is 0.274 e. The summed E-state index contributed by atoms with van der Waals surface area (Å²) in [5.74, 6) is -0.688. The zero-order valence-corrected chi connectivity index (χ0v) is 14.5. The predicted octanol–water partition coefficient (Wildman–Crippen LogP) is 1.11. The number of morpholine rings is 1. The maximum absolute atomic E-state index is 12.3. The lowest BCUT2D eigenvalue weighted by Crippen LogP contribution is -2.36. The number of benzene rings is 1. The summed E-state index contributed by atoms with van der Waals surface area (Å²) in [5.41, 5.74) is 7.04. The summed E-state index contributed by atoms with van der Waals surface area (Å²) in [6, 6.07) is 7.33. The number of rotatable bonds is 4. The van der Waals surface area contributed by atoms with Crippen LogP contribution in [0.25, 0.3) is 0 Å². The number of carbonyl (C=O) groups is 1. The SMILES string of the molecule is Cc1c[nH]c(=O)c(C(=N)C(=O)Nc2ccc(N3CCOCC3)cc2)c1N. The average molecular weight is 355 g/mol. The molecule has 5 N–H and O–H groups in total. The third-order valence-electron chi connectivity index (χ3n) is 4.32. The van der Waals surface area contributed by atoms with Crippen molar-refractivity contribution in [3.63, 3.8) is 0 Å². The number of hydrogen-bond acceptors (Lipinski definition) is 6. The van der Waals surface area contributed by atoms with Crippen LogP contribution in [0, 0.1) is 12.3 Å². The first-order chi connectivity index (χ1) is 12.5. The summed E-state index contributed by atoms with van der Waals surface area (Å²) in [6.07, 6.45) is 1.46. The molecule has 0 aliphatic carbocycles. The van der Waals surface area contributed by atoms with Gasteiger partial charge in [-0.15, -0.1) is 0 Å². The van der Waals surface area contributed by atoms with Gasteiger partial charge in [-0.05, 0) is 36.8 Å². The first-order valence-corrected chi connectivity index (χ1v) is 8.28. The largest absolute Gasteiger partial charge is 0.398 e. The first kappa shape index (κ1) is 17.7. The molecular formula is C18H21N5O3. The molecule has 1 aliphatic rings. The number of nitrogen functional groups attached to an aromatic ring is 1. The molecule has 0 unspecified atom stereocenters. The van der Waals surface area contributed by atoms with E-state index in [1.165, 1.54) is 6.20 Å². The second-order valence-electron chi connectivity index (χ2n) is 6.06. The number of aromatic nitrogens is 1. The van der Waals surface area contributed by atoms with Gasteiger partial charge in [-0.1, -0.05) is 0 Å². The fourth-order valence-corrected chi connectivity index (χ4v) is 2.78. The van der Waals surface area contributed by atoms with E-state index in [1.807, 2.05) is 12.1 Å². The van der Waals surface area contributed by atoms with Crippen molar-refractivity contribution in [1.82, 2.24) is 4.98 Å². The van der Waals surface area contributed by atoms with Crippen LogP contribution in [0.3, 0.4) is 0 Å². The van der Waals surface area contributed by atoms with Gasteiger partial charge in [0.25, 0.3) is 11.5 Å². The van der Waals surface area contributed by atoms with Crippen LogP contribution in [0.15, 0.2) is 35.3 Å². The molecule has 1 aromatic heterocycles. The fourth-order valence-electron chi connectivity index (χ4n) is 2.78. The van der Waals surface area contributed by atoms with Gasteiger partial charge >= 0.3 is 0 Å². The molecule has 1 fully saturated rings. The molecule has 8 heteroatoms. The van der Waals surface area contributed by atoms with Crippen LogP contribution < -0.4 is 21.5 Å². The van der Waals surface area contributed by atoms with Crippen LogP contribution >= 0.6 is 0 Å². The molecule has 3 rings (SSSR count). The van der Waals surface area contributed by atoms with Crippen LogP contribution in [0.2, 0.25) is 0 Å². The number of nitrogens with zero attached hydrogens (tertiary/aromatic N) is 1. The number of carbonyl (C=O) groups excluding carboxylic acids is 1. The lowest BCUT2D eigenvalue weighted by Gasteiger charge is -2.28. The Morgan fingerprint density at radius 3 is 2.58 bits per heavy atom. The minimum absolute atomic E-state index is 0.118. The molecule has 0 saturated carbocycles. The second kappa shape index (κ2) is 7.40. The summed E-state index contributed by atoms with van der Waals surface area (Å²) in [4.78, 5) is 29.0. The number of ether oxygens (including phenoxy) is 1. The number of pyridine rings is 1. The van der Waals surface area contributed by atoms with Crippen molar-refractivity contribution in [1.29, 1.82) is 5.41 Å². The number of anilines is 3. The highest BCUT2D eigenvalue weighted by Gasteiger charge is 2.20. The van der Waals surface area contributed by atoms with Crippen molar-refractivity contribution in [2.45, 2.75) is 6.92 Å². The third-order valence-corrected chi connectivity index (χ3v) is 4.32. The second-order valence-corrected chi connectivity index (χ2v) is 6.06. The van der Waals surface area contributed by atoms with Crippen LogP contribution in [-0.4, -0.2) is 42.9 Å². The molecule has 136 valence electrons. The third kappa shape index (κ3) is 3.60. The van der Waals surface area contributed by atoms with Crippen molar-refractivity contribution in [2.75, 3.05) is 42.3 Å². The quantitative estimate of drug-likeness (QED) is 0.612. The zero-order chi connectivity index (χ0) is 18.7. The number of hydrogen-bond donors (Lipinski definition) is 4. The normalized spacial score (nSPS) is 14.1. The monoisotopic (exact) mass is 355 g/mol. The Kier molecular flexibility index (Phi) is 5.04. The van der Waals surface area contributed by atoms with Crippen LogP contribution in [0.5, 0.6) is 0 Å². The lowest BCUT2D eigenvalue weighted by atomic mass is 10.1. The van der Waals surface area contributed by atoms with E-state index in [0.29, 0.717) is 24.5 Å². The van der Waals surface area contributed by atoms with Crippen molar-refractivity contribution in [3.05, 3.63) is 51.9 Å². The van der Waals surface area contributed by atoms with Gasteiger partial charge in [0.1, 0.15) is 5.71 Å². The first-order valence-electron chi connectivity index (χ1n) is 8.28. The van der Waals surface area contributed by atoms with Gasteiger partial charge < -0.3 is 25.7 Å². The Balaban J connectivity index is 1.73. The fraction of sp³-hybridized carbons (Fsp3) is 0.278. The Morgan fingerprint density at radius 1 is 1.27 bits per heavy atom. The number of nitrogens with one attached hydrogen (secondary N) is 3. The highest BCUT2D eigenvalue weighted by Crippen LogP contribution is 2.19. The lowest BCUT2D eigenvalue weighted by molar-refractivity contribution is -0.110. The highest BCUT2D eigenvalue weighted by molar-refractivity contribution is 6.48. The van der Waals surface area contributed by atoms with Gasteiger partial charge in [-0.3, -0.25) is 15.0 Å². The maximum atomic E-state index is 12.3. The van der Waals surface area contributed by atoms with E-state index in [9.17, 15) is 9.59 Å². The van der Waals surface area contributed by atoms with Crippen LogP contribution in [0.4, 0.5) is 17.1 Å². The standard InChI is InChI=1S/C18H21N5O3/c1-11-10-21-17(24)14(15(11)19)16(20)18(25)22-12-2-4-13(5-3-12)23-6-8-26-9-7-23/h2-5,10,20H,6-9H2,1H3,(H,22,25)(H3,19,21,24). The molecule has 0 radical (unpaired) electrons. The Morgan fingerprint density at radius 2 is 1.92 bits per heavy atom. The molecule has 0 bridgehead atoms. The number of aryl methyl sites for hydroxylation is 1. The molecule has 1 saturated heterocycles. The van der Waals surface area contributed by atoms with E-state index in [4.69, 9.17) is 15.9 Å². The van der Waals surface area contributed by atoms with Crippen LogP contribution in [0.1, 0.15) is 11.1 Å². The molecule has 1 aliphatic heterocycles. The summed E-state index contributed by atoms with van der Waals surface area (Å²) < 4.78 is 5.33. The summed E-state index contributed by atoms with van der Waals surface area (Å²) in [6.45, 7) is 4.74. The van der Waals surface area contributed by atoms with Gasteiger partial charge in [0, 0.05) is 30.7 Å². The van der Waals surface area contributed by atoms with Gasteiger partial charge in [0.05, 0.1) is 24.5 Å². The van der Waals surface area contributed by atoms with Crippen LogP contribution in [-0.2, 0) is 9.53 Å².